The van der Waals surface area contributed by atoms with Crippen LogP contribution in [-0.4, -0.2) is 32.1 Å². The zero-order chi connectivity index (χ0) is 19.1. The van der Waals surface area contributed by atoms with Crippen molar-refractivity contribution in [2.75, 3.05) is 24.4 Å². The number of halogens is 3. The zero-order valence-electron chi connectivity index (χ0n) is 13.6. The Morgan fingerprint density at radius 2 is 1.88 bits per heavy atom. The molecule has 9 heteroatoms. The number of benzene rings is 2. The van der Waals surface area contributed by atoms with Gasteiger partial charge in [0.15, 0.2) is 0 Å². The van der Waals surface area contributed by atoms with Gasteiger partial charge in [-0.15, -0.1) is 0 Å². The molecule has 2 N–H and O–H groups in total. The lowest BCUT2D eigenvalue weighted by atomic mass is 10.2. The first-order valence-corrected chi connectivity index (χ1v) is 7.72. The maximum Gasteiger partial charge on any atom is 0.387 e. The Morgan fingerprint density at radius 3 is 2.54 bits per heavy atom. The van der Waals surface area contributed by atoms with Gasteiger partial charge in [-0.25, -0.2) is 0 Å². The molecule has 0 fully saturated rings. The summed E-state index contributed by atoms with van der Waals surface area (Å²) >= 11 is 6.07. The molecule has 2 rings (SSSR count). The number of hydrogen-bond donors (Lipinski definition) is 2. The van der Waals surface area contributed by atoms with Gasteiger partial charge in [-0.3, -0.25) is 9.59 Å². The molecule has 2 aromatic rings. The number of nitrogens with one attached hydrogen (secondary N) is 2. The zero-order valence-corrected chi connectivity index (χ0v) is 14.3. The minimum atomic E-state index is -3.05. The quantitative estimate of drug-likeness (QED) is 0.761. The lowest BCUT2D eigenvalue weighted by molar-refractivity contribution is -0.119. The molecule has 6 nitrogen and oxygen atoms in total. The van der Waals surface area contributed by atoms with E-state index in [2.05, 4.69) is 15.4 Å². The Kier molecular flexibility index (Phi) is 6.88. The van der Waals surface area contributed by atoms with E-state index in [0.29, 0.717) is 11.4 Å². The molecule has 0 unspecified atom stereocenters. The highest BCUT2D eigenvalue weighted by molar-refractivity contribution is 6.34. The monoisotopic (exact) mass is 384 g/mol. The number of ether oxygens (including phenoxy) is 2. The van der Waals surface area contributed by atoms with E-state index in [9.17, 15) is 18.4 Å². The van der Waals surface area contributed by atoms with Gasteiger partial charge in [0.2, 0.25) is 5.91 Å². The molecular formula is C17H15ClF2N2O4. The summed E-state index contributed by atoms with van der Waals surface area (Å²) in [5.41, 5.74) is 0.603. The number of anilines is 2. The highest BCUT2D eigenvalue weighted by atomic mass is 35.5. The summed E-state index contributed by atoms with van der Waals surface area (Å²) in [4.78, 5) is 23.8. The molecule has 0 radical (unpaired) electrons. The number of methoxy groups -OCH3 is 1. The van der Waals surface area contributed by atoms with Crippen molar-refractivity contribution in [1.82, 2.24) is 0 Å². The third-order valence-electron chi connectivity index (χ3n) is 3.12. The van der Waals surface area contributed by atoms with Crippen molar-refractivity contribution in [3.05, 3.63) is 53.1 Å². The molecular weight excluding hydrogens is 370 g/mol. The van der Waals surface area contributed by atoms with Crippen LogP contribution in [0.1, 0.15) is 10.4 Å². The summed E-state index contributed by atoms with van der Waals surface area (Å²) < 4.78 is 33.9. The maximum absolute atomic E-state index is 12.4. The minimum Gasteiger partial charge on any atom is -0.434 e. The molecule has 0 saturated heterocycles. The van der Waals surface area contributed by atoms with Crippen LogP contribution in [0.4, 0.5) is 20.2 Å². The fraction of sp³-hybridized carbons (Fsp3) is 0.176. The summed E-state index contributed by atoms with van der Waals surface area (Å²) in [6.07, 6.45) is 0. The smallest absolute Gasteiger partial charge is 0.387 e. The van der Waals surface area contributed by atoms with E-state index in [4.69, 9.17) is 16.3 Å². The Morgan fingerprint density at radius 1 is 1.15 bits per heavy atom. The lowest BCUT2D eigenvalue weighted by Crippen LogP contribution is -2.17. The SMILES string of the molecule is COCC(=O)Nc1ccc(NC(=O)c2ccccc2OC(F)F)cc1Cl. The molecule has 0 saturated carbocycles. The van der Waals surface area contributed by atoms with Crippen molar-refractivity contribution in [3.63, 3.8) is 0 Å². The van der Waals surface area contributed by atoms with Crippen molar-refractivity contribution in [3.8, 4) is 5.75 Å². The molecule has 0 heterocycles. The largest absolute Gasteiger partial charge is 0.434 e. The predicted octanol–water partition coefficient (Wildman–Crippen LogP) is 3.78. The Balaban J connectivity index is 2.13. The lowest BCUT2D eigenvalue weighted by Gasteiger charge is -2.12. The fourth-order valence-corrected chi connectivity index (χ4v) is 2.29. The number of rotatable bonds is 7. The average Bonchev–Trinajstić information content (AvgIpc) is 2.57. The van der Waals surface area contributed by atoms with Gasteiger partial charge < -0.3 is 20.1 Å². The molecule has 0 aromatic heterocycles. The average molecular weight is 385 g/mol. The number of hydrogen-bond acceptors (Lipinski definition) is 4. The van der Waals surface area contributed by atoms with E-state index in [-0.39, 0.29) is 28.8 Å². The molecule has 0 spiro atoms. The fourth-order valence-electron chi connectivity index (χ4n) is 2.06. The van der Waals surface area contributed by atoms with Gasteiger partial charge in [-0.05, 0) is 30.3 Å². The van der Waals surface area contributed by atoms with Gasteiger partial charge >= 0.3 is 6.61 Å². The summed E-state index contributed by atoms with van der Waals surface area (Å²) in [7, 11) is 1.38. The van der Waals surface area contributed by atoms with Crippen LogP contribution in [0, 0.1) is 0 Å². The first-order valence-electron chi connectivity index (χ1n) is 7.34. The van der Waals surface area contributed by atoms with Crippen LogP contribution in [0.25, 0.3) is 0 Å². The van der Waals surface area contributed by atoms with E-state index in [1.165, 1.54) is 49.6 Å². The van der Waals surface area contributed by atoms with Gasteiger partial charge in [0.25, 0.3) is 5.91 Å². The van der Waals surface area contributed by atoms with Gasteiger partial charge in [-0.2, -0.15) is 8.78 Å². The highest BCUT2D eigenvalue weighted by Crippen LogP contribution is 2.27. The molecule has 26 heavy (non-hydrogen) atoms. The van der Waals surface area contributed by atoms with E-state index in [1.54, 1.807) is 0 Å². The van der Waals surface area contributed by atoms with Crippen LogP contribution >= 0.6 is 11.6 Å². The third kappa shape index (κ3) is 5.40. The summed E-state index contributed by atoms with van der Waals surface area (Å²) in [5, 5.41) is 5.26. The first-order chi connectivity index (χ1) is 12.4. The number of amides is 2. The molecule has 0 aliphatic rings. The number of para-hydroxylation sites is 1. The van der Waals surface area contributed by atoms with Crippen LogP contribution in [-0.2, 0) is 9.53 Å². The normalized spacial score (nSPS) is 10.5. The molecule has 2 aromatic carbocycles. The molecule has 0 aliphatic carbocycles. The van der Waals surface area contributed by atoms with Gasteiger partial charge in [-0.1, -0.05) is 23.7 Å². The number of alkyl halides is 2. The van der Waals surface area contributed by atoms with Crippen LogP contribution in [0.5, 0.6) is 5.75 Å². The van der Waals surface area contributed by atoms with E-state index in [0.717, 1.165) is 0 Å². The van der Waals surface area contributed by atoms with Crippen molar-refractivity contribution < 1.29 is 27.8 Å². The van der Waals surface area contributed by atoms with Crippen LogP contribution in [0.2, 0.25) is 5.02 Å². The summed E-state index contributed by atoms with van der Waals surface area (Å²) in [6, 6.07) is 10.0. The van der Waals surface area contributed by atoms with Crippen LogP contribution in [0.3, 0.4) is 0 Å². The molecule has 0 bridgehead atoms. The summed E-state index contributed by atoms with van der Waals surface area (Å²) in [5.74, 6) is -1.27. The summed E-state index contributed by atoms with van der Waals surface area (Å²) in [6.45, 7) is -3.18. The van der Waals surface area contributed by atoms with Crippen molar-refractivity contribution >= 4 is 34.8 Å². The Hall–Kier alpha value is -2.71. The van der Waals surface area contributed by atoms with E-state index >= 15 is 0 Å². The topological polar surface area (TPSA) is 76.7 Å². The second kappa shape index (κ2) is 9.12. The highest BCUT2D eigenvalue weighted by Gasteiger charge is 2.16. The van der Waals surface area contributed by atoms with Crippen LogP contribution < -0.4 is 15.4 Å². The van der Waals surface area contributed by atoms with Crippen LogP contribution in [0.15, 0.2) is 42.5 Å². The van der Waals surface area contributed by atoms with Gasteiger partial charge in [0.1, 0.15) is 12.4 Å². The Bertz CT molecular complexity index is 802. The number of carbonyl (C=O) groups excluding carboxylic acids is 2. The minimum absolute atomic E-state index is 0.0543. The first kappa shape index (κ1) is 19.6. The standard InChI is InChI=1S/C17H15ClF2N2O4/c1-25-9-15(23)22-13-7-6-10(8-12(13)18)21-16(24)11-4-2-3-5-14(11)26-17(19)20/h2-8,17H,9H2,1H3,(H,21,24)(H,22,23). The molecule has 2 amide bonds. The van der Waals surface area contributed by atoms with E-state index < -0.39 is 12.5 Å². The number of carbonyl (C=O) groups is 2. The van der Waals surface area contributed by atoms with Crippen molar-refractivity contribution in [1.29, 1.82) is 0 Å². The second-order valence-electron chi connectivity index (χ2n) is 5.00. The molecule has 0 aliphatic heterocycles. The third-order valence-corrected chi connectivity index (χ3v) is 3.44. The Labute approximate surface area is 153 Å². The molecule has 138 valence electrons. The maximum atomic E-state index is 12.4. The van der Waals surface area contributed by atoms with Crippen molar-refractivity contribution in [2.45, 2.75) is 6.61 Å². The van der Waals surface area contributed by atoms with Gasteiger partial charge in [0.05, 0.1) is 16.3 Å². The predicted molar refractivity (Wildman–Crippen MR) is 93.0 cm³/mol. The molecule has 0 atom stereocenters. The second-order valence-corrected chi connectivity index (χ2v) is 5.41. The van der Waals surface area contributed by atoms with E-state index in [1.807, 2.05) is 0 Å². The van der Waals surface area contributed by atoms with Gasteiger partial charge in [0, 0.05) is 12.8 Å². The van der Waals surface area contributed by atoms with Crippen molar-refractivity contribution in [2.24, 2.45) is 0 Å².